The van der Waals surface area contributed by atoms with Gasteiger partial charge in [-0.2, -0.15) is 0 Å². The van der Waals surface area contributed by atoms with Crippen molar-refractivity contribution in [3.05, 3.63) is 22.6 Å². The molecule has 0 spiro atoms. The van der Waals surface area contributed by atoms with E-state index in [9.17, 15) is 0 Å². The summed E-state index contributed by atoms with van der Waals surface area (Å²) in [5.74, 6) is 1.27. The van der Waals surface area contributed by atoms with Crippen LogP contribution in [0.25, 0.3) is 5.57 Å². The number of nitrogens with zero attached hydrogens (tertiary/aromatic N) is 2. The minimum Gasteiger partial charge on any atom is -0.391 e. The molecule has 0 atom stereocenters. The molecule has 26 heavy (non-hydrogen) atoms. The first-order chi connectivity index (χ1) is 12.4. The summed E-state index contributed by atoms with van der Waals surface area (Å²) in [6.07, 6.45) is 10.4. The molecule has 2 aliphatic rings. The predicted molar refractivity (Wildman–Crippen MR) is 108 cm³/mol. The number of nitrogens with two attached hydrogens (primary N) is 1. The van der Waals surface area contributed by atoms with E-state index in [1.807, 2.05) is 7.05 Å². The van der Waals surface area contributed by atoms with E-state index >= 15 is 0 Å². The van der Waals surface area contributed by atoms with Crippen LogP contribution in [-0.4, -0.2) is 34.8 Å². The van der Waals surface area contributed by atoms with Crippen molar-refractivity contribution in [1.82, 2.24) is 15.3 Å². The lowest BCUT2D eigenvalue weighted by Gasteiger charge is -2.34. The van der Waals surface area contributed by atoms with Crippen molar-refractivity contribution in [3.63, 3.8) is 0 Å². The van der Waals surface area contributed by atoms with Gasteiger partial charge in [0.05, 0.1) is 16.9 Å². The number of halogens is 1. The number of allylic oxidation sites excluding steroid dienone is 2. The molecule has 5 N–H and O–H groups in total. The van der Waals surface area contributed by atoms with Crippen LogP contribution in [0.4, 0.5) is 5.95 Å². The Balaban J connectivity index is 1.80. The first kappa shape index (κ1) is 19.1. The van der Waals surface area contributed by atoms with Gasteiger partial charge in [-0.3, -0.25) is 0 Å². The van der Waals surface area contributed by atoms with Crippen LogP contribution in [0.5, 0.6) is 0 Å². The van der Waals surface area contributed by atoms with Crippen LogP contribution in [0, 0.1) is 11.3 Å². The van der Waals surface area contributed by atoms with Crippen molar-refractivity contribution in [1.29, 1.82) is 5.41 Å². The molecule has 142 valence electrons. The summed E-state index contributed by atoms with van der Waals surface area (Å²) < 4.78 is 0. The van der Waals surface area contributed by atoms with E-state index in [1.165, 1.54) is 19.1 Å². The molecule has 2 saturated carbocycles. The smallest absolute Gasteiger partial charge is 0.223 e. The van der Waals surface area contributed by atoms with Crippen molar-refractivity contribution >= 4 is 29.3 Å². The van der Waals surface area contributed by atoms with Crippen molar-refractivity contribution < 1.29 is 0 Å². The van der Waals surface area contributed by atoms with Gasteiger partial charge in [-0.15, -0.1) is 0 Å². The second kappa shape index (κ2) is 7.92. The molecule has 0 bridgehead atoms. The number of anilines is 1. The van der Waals surface area contributed by atoms with Gasteiger partial charge in [0, 0.05) is 36.1 Å². The summed E-state index contributed by atoms with van der Waals surface area (Å²) >= 11 is 6.37. The minimum atomic E-state index is -0.0647. The second-order valence-corrected chi connectivity index (χ2v) is 8.30. The summed E-state index contributed by atoms with van der Waals surface area (Å²) in [5.41, 5.74) is 8.53. The third-order valence-corrected chi connectivity index (χ3v) is 5.70. The normalized spacial score (nSPS) is 26.8. The first-order valence-corrected chi connectivity index (χ1v) is 9.79. The molecular formula is C19H29ClN6. The van der Waals surface area contributed by atoms with Crippen molar-refractivity contribution in [2.75, 3.05) is 12.4 Å². The highest BCUT2D eigenvalue weighted by atomic mass is 35.5. The number of aromatic nitrogens is 2. The van der Waals surface area contributed by atoms with Crippen LogP contribution >= 0.6 is 11.6 Å². The minimum absolute atomic E-state index is 0.0647. The van der Waals surface area contributed by atoms with Gasteiger partial charge in [0.2, 0.25) is 5.95 Å². The number of hydrogen-bond acceptors (Lipinski definition) is 6. The zero-order valence-corrected chi connectivity index (χ0v) is 16.4. The molecule has 0 aliphatic heterocycles. The van der Waals surface area contributed by atoms with Crippen molar-refractivity contribution in [3.8, 4) is 0 Å². The van der Waals surface area contributed by atoms with Gasteiger partial charge in [-0.25, -0.2) is 9.97 Å². The molecular weight excluding hydrogens is 348 g/mol. The summed E-state index contributed by atoms with van der Waals surface area (Å²) in [7, 11) is 1.89. The molecule has 2 aliphatic carbocycles. The fraction of sp³-hybridized carbons (Fsp3) is 0.632. The summed E-state index contributed by atoms with van der Waals surface area (Å²) in [6, 6.07) is 0.322. The first-order valence-electron chi connectivity index (χ1n) is 9.41. The van der Waals surface area contributed by atoms with Crippen LogP contribution in [-0.2, 0) is 0 Å². The van der Waals surface area contributed by atoms with E-state index < -0.39 is 0 Å². The zero-order chi connectivity index (χ0) is 18.7. The van der Waals surface area contributed by atoms with Crippen LogP contribution in [0.2, 0.25) is 5.02 Å². The standard InChI is InChI=1S/C19H29ClN6/c1-19(22)7-5-13(6-8-19)25-18-24-11-15(20)17(26-18)14(10-21)16(23-2)9-12-3-4-12/h10-13,21,23H,3-9,22H2,1-2H3,(H,24,25,26)/b16-14+,21-10?/t13-,19+. The lowest BCUT2D eigenvalue weighted by Crippen LogP contribution is -2.43. The van der Waals surface area contributed by atoms with Gasteiger partial charge in [-0.05, 0) is 57.8 Å². The molecule has 1 aromatic rings. The fourth-order valence-corrected chi connectivity index (χ4v) is 3.68. The summed E-state index contributed by atoms with van der Waals surface area (Å²) in [5, 5.41) is 15.0. The molecule has 3 rings (SSSR count). The van der Waals surface area contributed by atoms with Gasteiger partial charge in [0.15, 0.2) is 0 Å². The highest BCUT2D eigenvalue weighted by Gasteiger charge is 2.28. The highest BCUT2D eigenvalue weighted by Crippen LogP contribution is 2.36. The lowest BCUT2D eigenvalue weighted by molar-refractivity contribution is 0.305. The fourth-order valence-electron chi connectivity index (χ4n) is 3.49. The van der Waals surface area contributed by atoms with Crippen molar-refractivity contribution in [2.45, 2.75) is 63.5 Å². The summed E-state index contributed by atoms with van der Waals surface area (Å²) in [6.45, 7) is 2.11. The van der Waals surface area contributed by atoms with Crippen LogP contribution in [0.1, 0.15) is 57.6 Å². The van der Waals surface area contributed by atoms with Gasteiger partial charge in [-0.1, -0.05) is 11.6 Å². The maximum atomic E-state index is 7.88. The average molecular weight is 377 g/mol. The van der Waals surface area contributed by atoms with Gasteiger partial charge >= 0.3 is 0 Å². The Morgan fingerprint density at radius 1 is 1.38 bits per heavy atom. The molecule has 2 fully saturated rings. The predicted octanol–water partition coefficient (Wildman–Crippen LogP) is 3.58. The van der Waals surface area contributed by atoms with E-state index in [0.717, 1.165) is 43.4 Å². The van der Waals surface area contributed by atoms with E-state index in [2.05, 4.69) is 27.5 Å². The molecule has 0 aromatic carbocycles. The SMILES string of the molecule is CN/C(CC1CC1)=C(\C=N)c1nc(N[C@H]2CC[C@@](C)(N)CC2)ncc1Cl. The average Bonchev–Trinajstić information content (AvgIpc) is 3.43. The number of nitrogens with one attached hydrogen (secondary N) is 3. The molecule has 0 radical (unpaired) electrons. The maximum Gasteiger partial charge on any atom is 0.223 e. The Hall–Kier alpha value is -1.66. The van der Waals surface area contributed by atoms with E-state index in [0.29, 0.717) is 28.6 Å². The Morgan fingerprint density at radius 3 is 2.65 bits per heavy atom. The van der Waals surface area contributed by atoms with E-state index in [4.69, 9.17) is 22.7 Å². The molecule has 6 nitrogen and oxygen atoms in total. The van der Waals surface area contributed by atoms with Gasteiger partial charge < -0.3 is 21.8 Å². The monoisotopic (exact) mass is 376 g/mol. The Bertz CT molecular complexity index is 685. The quantitative estimate of drug-likeness (QED) is 0.545. The Kier molecular flexibility index (Phi) is 5.82. The van der Waals surface area contributed by atoms with Crippen molar-refractivity contribution in [2.24, 2.45) is 11.7 Å². The summed E-state index contributed by atoms with van der Waals surface area (Å²) in [4.78, 5) is 8.98. The zero-order valence-electron chi connectivity index (χ0n) is 15.6. The van der Waals surface area contributed by atoms with Gasteiger partial charge in [0.1, 0.15) is 0 Å². The Labute approximate surface area is 160 Å². The molecule has 0 saturated heterocycles. The second-order valence-electron chi connectivity index (χ2n) is 7.90. The molecule has 0 unspecified atom stereocenters. The van der Waals surface area contributed by atoms with Crippen LogP contribution in [0.3, 0.4) is 0 Å². The van der Waals surface area contributed by atoms with E-state index in [-0.39, 0.29) is 5.54 Å². The molecule has 1 heterocycles. The van der Waals surface area contributed by atoms with Crippen LogP contribution < -0.4 is 16.4 Å². The molecule has 0 amide bonds. The van der Waals surface area contributed by atoms with E-state index in [1.54, 1.807) is 6.20 Å². The van der Waals surface area contributed by atoms with Gasteiger partial charge in [0.25, 0.3) is 0 Å². The largest absolute Gasteiger partial charge is 0.391 e. The topological polar surface area (TPSA) is 99.7 Å². The molecule has 1 aromatic heterocycles. The third kappa shape index (κ3) is 4.74. The maximum absolute atomic E-state index is 7.88. The Morgan fingerprint density at radius 2 is 2.08 bits per heavy atom. The number of rotatable bonds is 7. The lowest BCUT2D eigenvalue weighted by atomic mass is 9.82. The highest BCUT2D eigenvalue weighted by molar-refractivity contribution is 6.33. The molecule has 7 heteroatoms. The number of hydrogen-bond donors (Lipinski definition) is 4. The third-order valence-electron chi connectivity index (χ3n) is 5.42. The van der Waals surface area contributed by atoms with Crippen LogP contribution in [0.15, 0.2) is 11.9 Å².